The molecule has 0 atom stereocenters. The molecule has 0 bridgehead atoms. The van der Waals surface area contributed by atoms with E-state index in [4.69, 9.17) is 3.63 Å². The number of hydrogen-bond donors (Lipinski definition) is 0. The molecule has 0 aromatic heterocycles. The van der Waals surface area contributed by atoms with E-state index in [1.807, 2.05) is 27.7 Å². The lowest BCUT2D eigenvalue weighted by atomic mass is 10.0. The van der Waals surface area contributed by atoms with Gasteiger partial charge in [-0.05, 0) is 69.7 Å². The highest BCUT2D eigenvalue weighted by molar-refractivity contribution is 8.33. The lowest BCUT2D eigenvalue weighted by molar-refractivity contribution is -0.0496. The zero-order valence-corrected chi connectivity index (χ0v) is 20.5. The molecule has 3 aromatic carbocycles. The van der Waals surface area contributed by atoms with Gasteiger partial charge in [0.05, 0.1) is 0 Å². The molecular formula is C25H27F3O3S2. The number of benzene rings is 3. The van der Waals surface area contributed by atoms with Crippen LogP contribution in [0.2, 0.25) is 0 Å². The van der Waals surface area contributed by atoms with Crippen LogP contribution in [-0.4, -0.2) is 13.9 Å². The number of alkyl halides is 3. The van der Waals surface area contributed by atoms with Gasteiger partial charge in [0.15, 0.2) is 0 Å². The van der Waals surface area contributed by atoms with Crippen LogP contribution in [0.1, 0.15) is 50.7 Å². The minimum Gasteiger partial charge on any atom is -0.200 e. The molecule has 33 heavy (non-hydrogen) atoms. The van der Waals surface area contributed by atoms with Crippen LogP contribution in [0.15, 0.2) is 93.5 Å². The van der Waals surface area contributed by atoms with Crippen molar-refractivity contribution in [2.24, 2.45) is 0 Å². The van der Waals surface area contributed by atoms with Crippen LogP contribution >= 0.6 is 10.3 Å². The topological polar surface area (TPSA) is 43.4 Å². The monoisotopic (exact) mass is 496 g/mol. The van der Waals surface area contributed by atoms with Crippen LogP contribution in [0.4, 0.5) is 13.2 Å². The SMILES string of the molecule is CC(C)c1ccc(S(OS(=O)(=O)C(F)(F)F)(c2ccccc2)c2ccc(C(C)C)cc2)cc1. The van der Waals surface area contributed by atoms with Crippen molar-refractivity contribution < 1.29 is 25.2 Å². The van der Waals surface area contributed by atoms with Crippen LogP contribution in [0.3, 0.4) is 0 Å². The molecule has 0 radical (unpaired) electrons. The molecule has 3 rings (SSSR count). The van der Waals surface area contributed by atoms with Gasteiger partial charge in [-0.2, -0.15) is 25.2 Å². The summed E-state index contributed by atoms with van der Waals surface area (Å²) in [4.78, 5) is 1.08. The smallest absolute Gasteiger partial charge is 0.200 e. The van der Waals surface area contributed by atoms with E-state index < -0.39 is 25.9 Å². The van der Waals surface area contributed by atoms with Gasteiger partial charge in [-0.3, -0.25) is 0 Å². The molecule has 8 heteroatoms. The number of rotatable bonds is 7. The average Bonchev–Trinajstić information content (AvgIpc) is 2.77. The molecule has 0 fully saturated rings. The van der Waals surface area contributed by atoms with E-state index in [0.717, 1.165) is 11.1 Å². The van der Waals surface area contributed by atoms with Crippen molar-refractivity contribution in [2.75, 3.05) is 0 Å². The lowest BCUT2D eigenvalue weighted by Gasteiger charge is -2.39. The Morgan fingerprint density at radius 2 is 1.00 bits per heavy atom. The van der Waals surface area contributed by atoms with Crippen molar-refractivity contribution in [1.29, 1.82) is 0 Å². The van der Waals surface area contributed by atoms with Crippen molar-refractivity contribution in [3.8, 4) is 0 Å². The summed E-state index contributed by atoms with van der Waals surface area (Å²) >= 11 is 0. The second kappa shape index (κ2) is 9.52. The first kappa shape index (κ1) is 25.3. The third kappa shape index (κ3) is 5.13. The van der Waals surface area contributed by atoms with Gasteiger partial charge in [-0.1, -0.05) is 70.2 Å². The summed E-state index contributed by atoms with van der Waals surface area (Å²) in [6.07, 6.45) is 0. The molecule has 0 aliphatic carbocycles. The van der Waals surface area contributed by atoms with Gasteiger partial charge in [-0.25, -0.2) is 0 Å². The maximum Gasteiger partial charge on any atom is 0.524 e. The molecule has 3 nitrogen and oxygen atoms in total. The third-order valence-corrected chi connectivity index (χ3v) is 10.2. The third-order valence-electron chi connectivity index (χ3n) is 5.31. The first-order chi connectivity index (χ1) is 15.4. The summed E-state index contributed by atoms with van der Waals surface area (Å²) in [6, 6.07) is 22.1. The molecule has 0 heterocycles. The first-order valence-electron chi connectivity index (χ1n) is 10.5. The summed E-state index contributed by atoms with van der Waals surface area (Å²) in [5.74, 6) is 0.399. The minimum atomic E-state index is -5.92. The van der Waals surface area contributed by atoms with E-state index in [1.54, 1.807) is 78.9 Å². The van der Waals surface area contributed by atoms with Gasteiger partial charge in [0.25, 0.3) is 0 Å². The Labute approximate surface area is 195 Å². The lowest BCUT2D eigenvalue weighted by Crippen LogP contribution is -2.27. The summed E-state index contributed by atoms with van der Waals surface area (Å²) in [7, 11) is -9.18. The number of hydrogen-bond acceptors (Lipinski definition) is 3. The molecule has 0 unspecified atom stereocenters. The molecule has 178 valence electrons. The first-order valence-corrected chi connectivity index (χ1v) is 13.5. The highest BCUT2D eigenvalue weighted by Crippen LogP contribution is 2.70. The molecule has 0 N–H and O–H groups in total. The van der Waals surface area contributed by atoms with Crippen molar-refractivity contribution in [3.05, 3.63) is 90.0 Å². The van der Waals surface area contributed by atoms with Crippen molar-refractivity contribution in [3.63, 3.8) is 0 Å². The summed E-state index contributed by atoms with van der Waals surface area (Å²) in [5, 5.41) is 0. The van der Waals surface area contributed by atoms with Gasteiger partial charge < -0.3 is 0 Å². The minimum absolute atomic E-state index is 0.199. The van der Waals surface area contributed by atoms with Gasteiger partial charge in [0.2, 0.25) is 0 Å². The van der Waals surface area contributed by atoms with Gasteiger partial charge >= 0.3 is 15.6 Å². The molecule has 0 spiro atoms. The Kier molecular flexibility index (Phi) is 7.31. The molecule has 0 amide bonds. The van der Waals surface area contributed by atoms with Crippen LogP contribution in [0, 0.1) is 0 Å². The molecule has 0 saturated carbocycles. The molecule has 3 aromatic rings. The van der Waals surface area contributed by atoms with E-state index in [-0.39, 0.29) is 11.8 Å². The molecule has 0 aliphatic rings. The quantitative estimate of drug-likeness (QED) is 0.311. The van der Waals surface area contributed by atoms with Crippen molar-refractivity contribution in [2.45, 2.75) is 59.7 Å². The summed E-state index contributed by atoms with van der Waals surface area (Å²) in [6.45, 7) is 8.01. The largest absolute Gasteiger partial charge is 0.524 e. The van der Waals surface area contributed by atoms with E-state index in [1.165, 1.54) is 0 Å². The fourth-order valence-corrected chi connectivity index (χ4v) is 8.12. The van der Waals surface area contributed by atoms with Crippen LogP contribution < -0.4 is 0 Å². The van der Waals surface area contributed by atoms with E-state index in [2.05, 4.69) is 0 Å². The highest BCUT2D eigenvalue weighted by Gasteiger charge is 2.52. The Hall–Kier alpha value is -2.29. The average molecular weight is 497 g/mol. The highest BCUT2D eigenvalue weighted by atomic mass is 32.3. The number of halogens is 3. The van der Waals surface area contributed by atoms with E-state index in [9.17, 15) is 21.6 Å². The van der Waals surface area contributed by atoms with Crippen molar-refractivity contribution in [1.82, 2.24) is 0 Å². The fourth-order valence-electron chi connectivity index (χ4n) is 3.40. The fraction of sp³-hybridized carbons (Fsp3) is 0.280. The van der Waals surface area contributed by atoms with Crippen LogP contribution in [-0.2, 0) is 13.7 Å². The summed E-state index contributed by atoms with van der Waals surface area (Å²) < 4.78 is 70.8. The second-order valence-corrected chi connectivity index (χ2v) is 12.7. The Bertz CT molecular complexity index is 1120. The van der Waals surface area contributed by atoms with Gasteiger partial charge in [-0.15, -0.1) is 0 Å². The summed E-state index contributed by atoms with van der Waals surface area (Å²) in [5.41, 5.74) is -3.60. The standard InChI is InChI=1S/C25H27F3O3S2/c1-18(2)20-10-14-23(15-11-20)32(22-8-6-5-7-9-22,31-33(29,30)25(26,27)28)24-16-12-21(13-17-24)19(3)4/h5-19H,1-4H3. The van der Waals surface area contributed by atoms with Crippen LogP contribution in [0.5, 0.6) is 0 Å². The Morgan fingerprint density at radius 3 is 1.33 bits per heavy atom. The van der Waals surface area contributed by atoms with E-state index >= 15 is 0 Å². The van der Waals surface area contributed by atoms with Crippen LogP contribution in [0.25, 0.3) is 0 Å². The Morgan fingerprint density at radius 1 is 0.636 bits per heavy atom. The zero-order chi connectivity index (χ0) is 24.4. The van der Waals surface area contributed by atoms with E-state index in [0.29, 0.717) is 14.7 Å². The maximum absolute atomic E-state index is 13.6. The van der Waals surface area contributed by atoms with Gasteiger partial charge in [0.1, 0.15) is 0 Å². The molecule has 0 saturated heterocycles. The van der Waals surface area contributed by atoms with Gasteiger partial charge in [0, 0.05) is 14.7 Å². The predicted molar refractivity (Wildman–Crippen MR) is 126 cm³/mol. The molecule has 0 aliphatic heterocycles. The Balaban J connectivity index is 2.36. The second-order valence-electron chi connectivity index (χ2n) is 8.28. The normalized spacial score (nSPS) is 13.5. The predicted octanol–water partition coefficient (Wildman–Crippen LogP) is 8.00. The maximum atomic E-state index is 13.6. The van der Waals surface area contributed by atoms with Crippen molar-refractivity contribution >= 4 is 20.4 Å². The molecular weight excluding hydrogens is 469 g/mol. The zero-order valence-electron chi connectivity index (χ0n) is 18.8.